The van der Waals surface area contributed by atoms with Crippen LogP contribution in [0.5, 0.6) is 5.75 Å². The van der Waals surface area contributed by atoms with Crippen molar-refractivity contribution in [3.8, 4) is 16.9 Å². The van der Waals surface area contributed by atoms with Crippen LogP contribution in [0, 0.1) is 0 Å². The van der Waals surface area contributed by atoms with Crippen LogP contribution in [-0.2, 0) is 26.5 Å². The van der Waals surface area contributed by atoms with E-state index in [1.807, 2.05) is 30.3 Å². The minimum atomic E-state index is -0.992. The Morgan fingerprint density at radius 1 is 1.06 bits per heavy atom. The number of ether oxygens (including phenoxy) is 3. The fraction of sp³-hybridized carbons (Fsp3) is 0.240. The van der Waals surface area contributed by atoms with E-state index in [4.69, 9.17) is 19.3 Å². The van der Waals surface area contributed by atoms with Crippen LogP contribution in [0.4, 0.5) is 0 Å². The zero-order valence-corrected chi connectivity index (χ0v) is 18.1. The molecule has 3 aromatic carbocycles. The highest BCUT2D eigenvalue weighted by Gasteiger charge is 2.42. The van der Waals surface area contributed by atoms with Crippen LogP contribution >= 0.6 is 11.8 Å². The molecule has 31 heavy (non-hydrogen) atoms. The fourth-order valence-corrected chi connectivity index (χ4v) is 4.17. The average Bonchev–Trinajstić information content (AvgIpc) is 2.78. The highest BCUT2D eigenvalue weighted by Crippen LogP contribution is 2.35. The molecule has 0 amide bonds. The van der Waals surface area contributed by atoms with Crippen LogP contribution in [0.1, 0.15) is 11.1 Å². The van der Waals surface area contributed by atoms with Crippen molar-refractivity contribution in [1.82, 2.24) is 0 Å². The summed E-state index contributed by atoms with van der Waals surface area (Å²) in [4.78, 5) is 12.1. The lowest BCUT2D eigenvalue weighted by molar-refractivity contribution is -0.220. The maximum atomic E-state index is 10.9. The third kappa shape index (κ3) is 4.93. The van der Waals surface area contributed by atoms with Crippen molar-refractivity contribution in [2.75, 3.05) is 26.1 Å². The molecule has 1 heterocycles. The number of hydrogen-bond donors (Lipinski definition) is 1. The Kier molecular flexibility index (Phi) is 6.61. The minimum Gasteiger partial charge on any atom is -0.489 e. The van der Waals surface area contributed by atoms with Gasteiger partial charge in [0, 0.05) is 4.90 Å². The van der Waals surface area contributed by atoms with E-state index < -0.39 is 11.6 Å². The Morgan fingerprint density at radius 2 is 1.84 bits per heavy atom. The summed E-state index contributed by atoms with van der Waals surface area (Å²) >= 11 is 1.74. The summed E-state index contributed by atoms with van der Waals surface area (Å²) in [6, 6.07) is 24.3. The molecule has 0 saturated carbocycles. The first-order valence-electron chi connectivity index (χ1n) is 9.99. The minimum absolute atomic E-state index is 0.350. The van der Waals surface area contributed by atoms with Gasteiger partial charge >= 0.3 is 5.97 Å². The Labute approximate surface area is 186 Å². The lowest BCUT2D eigenvalue weighted by Crippen LogP contribution is -2.49. The maximum absolute atomic E-state index is 10.9. The van der Waals surface area contributed by atoms with Crippen LogP contribution < -0.4 is 4.74 Å². The van der Waals surface area contributed by atoms with Gasteiger partial charge in [0.05, 0.1) is 13.2 Å². The number of carboxylic acid groups (broad SMARTS) is 1. The van der Waals surface area contributed by atoms with Gasteiger partial charge in [-0.2, -0.15) is 0 Å². The summed E-state index contributed by atoms with van der Waals surface area (Å²) in [5.41, 5.74) is 3.68. The van der Waals surface area contributed by atoms with Crippen LogP contribution in [0.25, 0.3) is 11.1 Å². The number of benzene rings is 3. The molecule has 0 bridgehead atoms. The molecule has 1 aliphatic heterocycles. The molecule has 0 aromatic heterocycles. The fourth-order valence-electron chi connectivity index (χ4n) is 3.55. The van der Waals surface area contributed by atoms with Gasteiger partial charge in [-0.25, -0.2) is 4.79 Å². The molecule has 1 N–H and O–H groups in total. The van der Waals surface area contributed by atoms with E-state index in [9.17, 15) is 4.79 Å². The maximum Gasteiger partial charge on any atom is 0.329 e. The highest BCUT2D eigenvalue weighted by atomic mass is 32.2. The lowest BCUT2D eigenvalue weighted by atomic mass is 9.91. The largest absolute Gasteiger partial charge is 0.489 e. The van der Waals surface area contributed by atoms with E-state index in [1.54, 1.807) is 11.8 Å². The zero-order chi connectivity index (χ0) is 21.7. The van der Waals surface area contributed by atoms with Crippen molar-refractivity contribution in [2.45, 2.75) is 17.1 Å². The van der Waals surface area contributed by atoms with Gasteiger partial charge in [-0.15, -0.1) is 11.8 Å². The van der Waals surface area contributed by atoms with Gasteiger partial charge in [-0.3, -0.25) is 0 Å². The van der Waals surface area contributed by atoms with Crippen molar-refractivity contribution >= 4 is 17.7 Å². The summed E-state index contributed by atoms with van der Waals surface area (Å²) in [5, 5.41) is 8.90. The Morgan fingerprint density at radius 3 is 2.52 bits per heavy atom. The standard InChI is InChI=1S/C25H24O5S/c1-31-23-8-3-2-7-22(23)19-6-4-5-18(13-19)14-29-21-11-9-20(10-12-21)25(16-28-17-25)30-15-24(26)27/h2-13H,14-17H2,1H3,(H,26,27). The van der Waals surface area contributed by atoms with E-state index in [2.05, 4.69) is 48.7 Å². The van der Waals surface area contributed by atoms with E-state index >= 15 is 0 Å². The van der Waals surface area contributed by atoms with Gasteiger partial charge in [0.1, 0.15) is 24.6 Å². The molecule has 5 nitrogen and oxygen atoms in total. The summed E-state index contributed by atoms with van der Waals surface area (Å²) < 4.78 is 16.8. The predicted octanol–water partition coefficient (Wildman–Crippen LogP) is 4.98. The molecule has 0 radical (unpaired) electrons. The molecule has 160 valence electrons. The van der Waals surface area contributed by atoms with Crippen molar-refractivity contribution in [2.24, 2.45) is 0 Å². The summed E-state index contributed by atoms with van der Waals surface area (Å²) in [6.07, 6.45) is 2.09. The Bertz CT molecular complexity index is 1040. The van der Waals surface area contributed by atoms with Crippen molar-refractivity contribution in [1.29, 1.82) is 0 Å². The Hall–Kier alpha value is -2.80. The molecule has 6 heteroatoms. The van der Waals surface area contributed by atoms with Gasteiger partial charge < -0.3 is 19.3 Å². The lowest BCUT2D eigenvalue weighted by Gasteiger charge is -2.41. The number of thioether (sulfide) groups is 1. The molecule has 1 aliphatic rings. The smallest absolute Gasteiger partial charge is 0.329 e. The molecule has 0 spiro atoms. The van der Waals surface area contributed by atoms with E-state index in [1.165, 1.54) is 16.0 Å². The third-order valence-electron chi connectivity index (χ3n) is 5.27. The number of hydrogen-bond acceptors (Lipinski definition) is 5. The molecule has 0 unspecified atom stereocenters. The first kappa shape index (κ1) is 21.4. The molecule has 0 atom stereocenters. The van der Waals surface area contributed by atoms with Gasteiger partial charge in [0.2, 0.25) is 0 Å². The molecule has 0 aliphatic carbocycles. The summed E-state index contributed by atoms with van der Waals surface area (Å²) in [6.45, 7) is 0.811. The normalized spacial score (nSPS) is 14.6. The summed E-state index contributed by atoms with van der Waals surface area (Å²) in [5.74, 6) is -0.249. The van der Waals surface area contributed by atoms with Crippen LogP contribution in [0.3, 0.4) is 0 Å². The number of carbonyl (C=O) groups is 1. The van der Waals surface area contributed by atoms with E-state index in [0.29, 0.717) is 19.8 Å². The first-order chi connectivity index (χ1) is 15.1. The summed E-state index contributed by atoms with van der Waals surface area (Å²) in [7, 11) is 0. The van der Waals surface area contributed by atoms with Gasteiger partial charge in [-0.05, 0) is 52.8 Å². The van der Waals surface area contributed by atoms with Crippen molar-refractivity contribution in [3.63, 3.8) is 0 Å². The highest BCUT2D eigenvalue weighted by molar-refractivity contribution is 7.98. The van der Waals surface area contributed by atoms with Crippen LogP contribution in [-0.4, -0.2) is 37.2 Å². The number of carboxylic acids is 1. The second-order valence-corrected chi connectivity index (χ2v) is 8.23. The molecular weight excluding hydrogens is 412 g/mol. The molecule has 4 rings (SSSR count). The van der Waals surface area contributed by atoms with E-state index in [-0.39, 0.29) is 6.61 Å². The van der Waals surface area contributed by atoms with E-state index in [0.717, 1.165) is 16.9 Å². The molecular formula is C25H24O5S. The number of rotatable bonds is 9. The third-order valence-corrected chi connectivity index (χ3v) is 6.07. The second-order valence-electron chi connectivity index (χ2n) is 7.38. The van der Waals surface area contributed by atoms with Crippen molar-refractivity contribution < 1.29 is 24.1 Å². The molecule has 1 saturated heterocycles. The Balaban J connectivity index is 1.42. The predicted molar refractivity (Wildman–Crippen MR) is 121 cm³/mol. The van der Waals surface area contributed by atoms with Crippen LogP contribution in [0.2, 0.25) is 0 Å². The quantitative estimate of drug-likeness (QED) is 0.477. The molecule has 1 fully saturated rings. The van der Waals surface area contributed by atoms with Crippen LogP contribution in [0.15, 0.2) is 77.7 Å². The topological polar surface area (TPSA) is 65.0 Å². The monoisotopic (exact) mass is 436 g/mol. The van der Waals surface area contributed by atoms with Gasteiger partial charge in [0.25, 0.3) is 0 Å². The van der Waals surface area contributed by atoms with Gasteiger partial charge in [0.15, 0.2) is 0 Å². The van der Waals surface area contributed by atoms with Crippen molar-refractivity contribution in [3.05, 3.63) is 83.9 Å². The second kappa shape index (κ2) is 9.56. The first-order valence-corrected chi connectivity index (χ1v) is 11.2. The zero-order valence-electron chi connectivity index (χ0n) is 17.2. The molecule has 3 aromatic rings. The SMILES string of the molecule is CSc1ccccc1-c1cccc(COc2ccc(C3(OCC(=O)O)COC3)cc2)c1. The average molecular weight is 437 g/mol. The number of aliphatic carboxylic acids is 1. The van der Waals surface area contributed by atoms with Gasteiger partial charge in [-0.1, -0.05) is 48.5 Å².